The Morgan fingerprint density at radius 3 is 2.05 bits per heavy atom. The van der Waals surface area contributed by atoms with Gasteiger partial charge < -0.3 is 5.32 Å². The average molecular weight is 275 g/mol. The highest BCUT2D eigenvalue weighted by atomic mass is 19.1. The SMILES string of the molecule is CNC(c1cc(C)c(F)c(C)c1)c1cc(F)ccc1C. The van der Waals surface area contributed by atoms with Gasteiger partial charge in [0, 0.05) is 0 Å². The molecule has 0 bridgehead atoms. The molecule has 0 radical (unpaired) electrons. The zero-order valence-electron chi connectivity index (χ0n) is 12.2. The van der Waals surface area contributed by atoms with Gasteiger partial charge in [-0.2, -0.15) is 0 Å². The average Bonchev–Trinajstić information content (AvgIpc) is 2.40. The Labute approximate surface area is 118 Å². The van der Waals surface area contributed by atoms with Crippen molar-refractivity contribution in [2.24, 2.45) is 0 Å². The van der Waals surface area contributed by atoms with Crippen molar-refractivity contribution >= 4 is 0 Å². The van der Waals surface area contributed by atoms with E-state index >= 15 is 0 Å². The number of aryl methyl sites for hydroxylation is 3. The van der Waals surface area contributed by atoms with E-state index in [9.17, 15) is 8.78 Å². The van der Waals surface area contributed by atoms with Gasteiger partial charge in [0.05, 0.1) is 6.04 Å². The van der Waals surface area contributed by atoms with Crippen LogP contribution in [0.5, 0.6) is 0 Å². The molecule has 1 atom stereocenters. The molecule has 20 heavy (non-hydrogen) atoms. The predicted molar refractivity (Wildman–Crippen MR) is 77.9 cm³/mol. The lowest BCUT2D eigenvalue weighted by atomic mass is 9.92. The minimum Gasteiger partial charge on any atom is -0.309 e. The van der Waals surface area contributed by atoms with Crippen LogP contribution >= 0.6 is 0 Å². The van der Waals surface area contributed by atoms with Gasteiger partial charge in [-0.15, -0.1) is 0 Å². The van der Waals surface area contributed by atoms with E-state index in [0.29, 0.717) is 11.1 Å². The first-order valence-electron chi connectivity index (χ1n) is 6.64. The Morgan fingerprint density at radius 2 is 1.50 bits per heavy atom. The van der Waals surface area contributed by atoms with E-state index in [1.54, 1.807) is 19.9 Å². The molecular weight excluding hydrogens is 256 g/mol. The third kappa shape index (κ3) is 2.73. The van der Waals surface area contributed by atoms with Crippen LogP contribution in [0.25, 0.3) is 0 Å². The second-order valence-electron chi connectivity index (χ2n) is 5.19. The topological polar surface area (TPSA) is 12.0 Å². The van der Waals surface area contributed by atoms with Crippen molar-refractivity contribution < 1.29 is 8.78 Å². The fraction of sp³-hybridized carbons (Fsp3) is 0.294. The summed E-state index contributed by atoms with van der Waals surface area (Å²) < 4.78 is 27.2. The van der Waals surface area contributed by atoms with E-state index in [2.05, 4.69) is 5.32 Å². The number of hydrogen-bond acceptors (Lipinski definition) is 1. The summed E-state index contributed by atoms with van der Waals surface area (Å²) in [7, 11) is 1.82. The van der Waals surface area contributed by atoms with Gasteiger partial charge in [-0.05, 0) is 67.8 Å². The quantitative estimate of drug-likeness (QED) is 0.885. The van der Waals surface area contributed by atoms with Crippen molar-refractivity contribution in [3.05, 3.63) is 69.8 Å². The summed E-state index contributed by atoms with van der Waals surface area (Å²) in [6.07, 6.45) is 0. The van der Waals surface area contributed by atoms with Gasteiger partial charge in [0.1, 0.15) is 11.6 Å². The summed E-state index contributed by atoms with van der Waals surface area (Å²) in [4.78, 5) is 0. The lowest BCUT2D eigenvalue weighted by Crippen LogP contribution is -2.19. The second-order valence-corrected chi connectivity index (χ2v) is 5.19. The molecule has 0 aromatic heterocycles. The van der Waals surface area contributed by atoms with Crippen LogP contribution in [0.2, 0.25) is 0 Å². The van der Waals surface area contributed by atoms with Crippen molar-refractivity contribution in [1.82, 2.24) is 5.32 Å². The first-order chi connectivity index (χ1) is 9.43. The number of benzene rings is 2. The number of hydrogen-bond donors (Lipinski definition) is 1. The molecular formula is C17H19F2N. The van der Waals surface area contributed by atoms with Crippen LogP contribution in [-0.2, 0) is 0 Å². The second kappa shape index (κ2) is 5.71. The third-order valence-corrected chi connectivity index (χ3v) is 3.63. The lowest BCUT2D eigenvalue weighted by Gasteiger charge is -2.21. The van der Waals surface area contributed by atoms with E-state index in [4.69, 9.17) is 0 Å². The summed E-state index contributed by atoms with van der Waals surface area (Å²) in [6, 6.07) is 8.22. The first kappa shape index (κ1) is 14.7. The van der Waals surface area contributed by atoms with Gasteiger partial charge in [-0.1, -0.05) is 18.2 Å². The van der Waals surface area contributed by atoms with Gasteiger partial charge in [-0.3, -0.25) is 0 Å². The molecule has 0 amide bonds. The maximum atomic E-state index is 13.7. The van der Waals surface area contributed by atoms with Gasteiger partial charge in [0.25, 0.3) is 0 Å². The molecule has 0 aliphatic rings. The molecule has 3 heteroatoms. The number of rotatable bonds is 3. The van der Waals surface area contributed by atoms with Crippen molar-refractivity contribution in [2.75, 3.05) is 7.05 Å². The molecule has 106 valence electrons. The highest BCUT2D eigenvalue weighted by Crippen LogP contribution is 2.28. The predicted octanol–water partition coefficient (Wildman–Crippen LogP) is 4.20. The monoisotopic (exact) mass is 275 g/mol. The van der Waals surface area contributed by atoms with Crippen LogP contribution in [0.3, 0.4) is 0 Å². The van der Waals surface area contributed by atoms with E-state index in [1.165, 1.54) is 12.1 Å². The molecule has 0 spiro atoms. The van der Waals surface area contributed by atoms with Crippen molar-refractivity contribution in [3.8, 4) is 0 Å². The molecule has 0 fully saturated rings. The summed E-state index contributed by atoms with van der Waals surface area (Å²) in [6.45, 7) is 5.44. The molecule has 1 unspecified atom stereocenters. The van der Waals surface area contributed by atoms with Gasteiger partial charge in [0.15, 0.2) is 0 Å². The van der Waals surface area contributed by atoms with Crippen LogP contribution in [0.1, 0.15) is 33.9 Å². The minimum absolute atomic E-state index is 0.149. The Balaban J connectivity index is 2.55. The Hall–Kier alpha value is -1.74. The number of nitrogens with one attached hydrogen (secondary N) is 1. The largest absolute Gasteiger partial charge is 0.309 e. The van der Waals surface area contributed by atoms with Gasteiger partial charge in [0.2, 0.25) is 0 Å². The molecule has 2 aromatic carbocycles. The maximum Gasteiger partial charge on any atom is 0.129 e. The Bertz CT molecular complexity index is 612. The van der Waals surface area contributed by atoms with E-state index in [1.807, 2.05) is 26.1 Å². The van der Waals surface area contributed by atoms with Gasteiger partial charge >= 0.3 is 0 Å². The van der Waals surface area contributed by atoms with Crippen LogP contribution in [-0.4, -0.2) is 7.05 Å². The highest BCUT2D eigenvalue weighted by Gasteiger charge is 2.17. The van der Waals surface area contributed by atoms with E-state index < -0.39 is 0 Å². The smallest absolute Gasteiger partial charge is 0.129 e. The lowest BCUT2D eigenvalue weighted by molar-refractivity contribution is 0.601. The van der Waals surface area contributed by atoms with Crippen LogP contribution in [0.15, 0.2) is 30.3 Å². The zero-order valence-corrected chi connectivity index (χ0v) is 12.2. The molecule has 0 aliphatic carbocycles. The molecule has 0 heterocycles. The van der Waals surface area contributed by atoms with E-state index in [-0.39, 0.29) is 17.7 Å². The molecule has 1 nitrogen and oxygen atoms in total. The molecule has 2 aromatic rings. The molecule has 2 rings (SSSR count). The van der Waals surface area contributed by atoms with Crippen LogP contribution in [0.4, 0.5) is 8.78 Å². The molecule has 1 N–H and O–H groups in total. The Morgan fingerprint density at radius 1 is 0.900 bits per heavy atom. The maximum absolute atomic E-state index is 13.7. The van der Waals surface area contributed by atoms with Crippen LogP contribution in [0, 0.1) is 32.4 Å². The molecule has 0 aliphatic heterocycles. The summed E-state index contributed by atoms with van der Waals surface area (Å²) in [5.74, 6) is -0.444. The molecule has 0 saturated carbocycles. The van der Waals surface area contributed by atoms with Crippen molar-refractivity contribution in [1.29, 1.82) is 0 Å². The van der Waals surface area contributed by atoms with Crippen molar-refractivity contribution in [2.45, 2.75) is 26.8 Å². The standard InChI is InChI=1S/C17H19F2N/c1-10-5-6-14(18)9-15(10)17(20-4)13-7-11(2)16(19)12(3)8-13/h5-9,17,20H,1-4H3. The fourth-order valence-corrected chi connectivity index (χ4v) is 2.57. The first-order valence-corrected chi connectivity index (χ1v) is 6.64. The summed E-state index contributed by atoms with van der Waals surface area (Å²) >= 11 is 0. The highest BCUT2D eigenvalue weighted by molar-refractivity contribution is 5.40. The zero-order chi connectivity index (χ0) is 14.9. The minimum atomic E-state index is -0.263. The van der Waals surface area contributed by atoms with E-state index in [0.717, 1.165) is 16.7 Å². The van der Waals surface area contributed by atoms with Crippen LogP contribution < -0.4 is 5.32 Å². The fourth-order valence-electron chi connectivity index (χ4n) is 2.57. The van der Waals surface area contributed by atoms with Gasteiger partial charge in [-0.25, -0.2) is 8.78 Å². The third-order valence-electron chi connectivity index (χ3n) is 3.63. The summed E-state index contributed by atoms with van der Waals surface area (Å²) in [5.41, 5.74) is 4.03. The van der Waals surface area contributed by atoms with Crippen molar-refractivity contribution in [3.63, 3.8) is 0 Å². The Kier molecular flexibility index (Phi) is 4.19. The molecule has 0 saturated heterocycles. The normalized spacial score (nSPS) is 12.5. The summed E-state index contributed by atoms with van der Waals surface area (Å²) in [5, 5.41) is 3.19. The number of halogens is 2.